The number of benzene rings is 2. The minimum atomic E-state index is -0.626. The number of anilines is 1. The molecule has 0 fully saturated rings. The van der Waals surface area contributed by atoms with Crippen LogP contribution in [0.15, 0.2) is 66.0 Å². The van der Waals surface area contributed by atoms with E-state index in [9.17, 15) is 9.70 Å². The van der Waals surface area contributed by atoms with Gasteiger partial charge in [0.2, 0.25) is 0 Å². The lowest BCUT2D eigenvalue weighted by molar-refractivity contribution is -0.363. The fraction of sp³-hybridized carbons (Fsp3) is 0.217. The molecular formula is C23H24N3O5+. The smallest absolute Gasteiger partial charge is 0.340 e. The lowest BCUT2D eigenvalue weighted by Gasteiger charge is -2.18. The molecule has 0 aliphatic rings. The van der Waals surface area contributed by atoms with Crippen molar-refractivity contribution < 1.29 is 24.0 Å². The van der Waals surface area contributed by atoms with E-state index in [1.165, 1.54) is 13.3 Å². The molecule has 0 radical (unpaired) electrons. The van der Waals surface area contributed by atoms with Gasteiger partial charge in [0.15, 0.2) is 5.69 Å². The highest BCUT2D eigenvalue weighted by Gasteiger charge is 2.23. The molecule has 8 heteroatoms. The molecule has 1 N–H and O–H groups in total. The zero-order valence-corrected chi connectivity index (χ0v) is 17.6. The van der Waals surface area contributed by atoms with Crippen LogP contribution in [-0.2, 0) is 17.8 Å². The fourth-order valence-corrected chi connectivity index (χ4v) is 3.13. The van der Waals surface area contributed by atoms with E-state index in [2.05, 4.69) is 10.2 Å². The van der Waals surface area contributed by atoms with Crippen LogP contribution in [-0.4, -0.2) is 27.3 Å². The Morgan fingerprint density at radius 3 is 1.84 bits per heavy atom. The normalized spacial score (nSPS) is 10.3. The summed E-state index contributed by atoms with van der Waals surface area (Å²) in [6, 6.07) is 17.0. The molecule has 0 atom stereocenters. The SMILES string of the molecule is COC(=O)c1cc(N(Cc2ccc(OC)cc2)Cc2ccc(OC)cc2)[nH+]cc1N=O. The number of hydrogen-bond acceptors (Lipinski definition) is 7. The number of carbonyl (C=O) groups excluding carboxylic acids is 1. The maximum atomic E-state index is 12.1. The average molecular weight is 422 g/mol. The largest absolute Gasteiger partial charge is 0.497 e. The van der Waals surface area contributed by atoms with Crippen molar-refractivity contribution in [2.24, 2.45) is 5.18 Å². The van der Waals surface area contributed by atoms with E-state index < -0.39 is 5.97 Å². The summed E-state index contributed by atoms with van der Waals surface area (Å²) in [4.78, 5) is 28.4. The van der Waals surface area contributed by atoms with Gasteiger partial charge in [-0.3, -0.25) is 4.90 Å². The second kappa shape index (κ2) is 10.2. The highest BCUT2D eigenvalue weighted by atomic mass is 16.5. The van der Waals surface area contributed by atoms with E-state index in [1.807, 2.05) is 53.4 Å². The molecule has 8 nitrogen and oxygen atoms in total. The van der Waals surface area contributed by atoms with Crippen LogP contribution in [0.4, 0.5) is 11.5 Å². The Hall–Kier alpha value is -3.94. The van der Waals surface area contributed by atoms with E-state index >= 15 is 0 Å². The van der Waals surface area contributed by atoms with Gasteiger partial charge >= 0.3 is 5.97 Å². The van der Waals surface area contributed by atoms with Gasteiger partial charge in [-0.15, -0.1) is 4.91 Å². The number of pyridine rings is 1. The lowest BCUT2D eigenvalue weighted by atomic mass is 10.1. The van der Waals surface area contributed by atoms with Crippen LogP contribution in [0.25, 0.3) is 0 Å². The van der Waals surface area contributed by atoms with E-state index in [-0.39, 0.29) is 11.3 Å². The third-order valence-electron chi connectivity index (χ3n) is 4.82. The van der Waals surface area contributed by atoms with Gasteiger partial charge in [0.25, 0.3) is 5.82 Å². The third-order valence-corrected chi connectivity index (χ3v) is 4.82. The Bertz CT molecular complexity index is 987. The molecule has 1 heterocycles. The summed E-state index contributed by atoms with van der Waals surface area (Å²) in [6.45, 7) is 1.09. The maximum absolute atomic E-state index is 12.1. The van der Waals surface area contributed by atoms with Crippen LogP contribution in [0.1, 0.15) is 21.5 Å². The Labute approximate surface area is 180 Å². The van der Waals surface area contributed by atoms with Crippen LogP contribution < -0.4 is 19.4 Å². The van der Waals surface area contributed by atoms with Crippen LogP contribution in [0.5, 0.6) is 11.5 Å². The molecule has 1 aromatic heterocycles. The molecule has 0 amide bonds. The van der Waals surface area contributed by atoms with Gasteiger partial charge in [0, 0.05) is 6.07 Å². The van der Waals surface area contributed by atoms with Crippen LogP contribution >= 0.6 is 0 Å². The standard InChI is InChI=1S/C23H23N3O5/c1-29-18-8-4-16(5-9-18)14-26(15-17-6-10-19(30-2)11-7-17)22-12-20(23(27)31-3)21(25-28)13-24-22/h4-13H,14-15H2,1-3H3/p+1. The summed E-state index contributed by atoms with van der Waals surface area (Å²) < 4.78 is 15.3. The number of carbonyl (C=O) groups is 1. The first-order valence-electron chi connectivity index (χ1n) is 9.56. The summed E-state index contributed by atoms with van der Waals surface area (Å²) >= 11 is 0. The molecule has 3 aromatic rings. The third kappa shape index (κ3) is 5.36. The van der Waals surface area contributed by atoms with E-state index in [1.54, 1.807) is 20.3 Å². The Kier molecular flexibility index (Phi) is 7.16. The number of hydrogen-bond donors (Lipinski definition) is 0. The number of aromatic nitrogens is 1. The van der Waals surface area contributed by atoms with Crippen LogP contribution in [0.3, 0.4) is 0 Å². The number of methoxy groups -OCH3 is 3. The van der Waals surface area contributed by atoms with Crippen molar-refractivity contribution in [1.82, 2.24) is 0 Å². The molecule has 0 saturated carbocycles. The predicted molar refractivity (Wildman–Crippen MR) is 116 cm³/mol. The molecule has 0 bridgehead atoms. The number of rotatable bonds is 9. The number of nitrogens with zero attached hydrogens (tertiary/aromatic N) is 2. The highest BCUT2D eigenvalue weighted by Crippen LogP contribution is 2.24. The molecule has 0 unspecified atom stereocenters. The van der Waals surface area contributed by atoms with Gasteiger partial charge in [-0.1, -0.05) is 24.3 Å². The van der Waals surface area contributed by atoms with Crippen molar-refractivity contribution in [3.05, 3.63) is 82.4 Å². The van der Waals surface area contributed by atoms with Gasteiger partial charge in [-0.05, 0) is 40.6 Å². The molecular weight excluding hydrogens is 398 g/mol. The minimum Gasteiger partial charge on any atom is -0.497 e. The fourth-order valence-electron chi connectivity index (χ4n) is 3.13. The zero-order chi connectivity index (χ0) is 22.2. The molecule has 0 aliphatic carbocycles. The highest BCUT2D eigenvalue weighted by molar-refractivity contribution is 5.95. The van der Waals surface area contributed by atoms with Crippen molar-refractivity contribution >= 4 is 17.5 Å². The maximum Gasteiger partial charge on any atom is 0.340 e. The van der Waals surface area contributed by atoms with Gasteiger partial charge < -0.3 is 14.2 Å². The number of ether oxygens (including phenoxy) is 3. The minimum absolute atomic E-state index is 0.00977. The molecule has 160 valence electrons. The monoisotopic (exact) mass is 422 g/mol. The summed E-state index contributed by atoms with van der Waals surface area (Å²) in [5, 5.41) is 2.92. The van der Waals surface area contributed by atoms with Crippen LogP contribution in [0.2, 0.25) is 0 Å². The number of esters is 1. The first kappa shape index (κ1) is 21.8. The van der Waals surface area contributed by atoms with Crippen molar-refractivity contribution in [2.75, 3.05) is 26.2 Å². The molecule has 3 rings (SSSR count). The predicted octanol–water partition coefficient (Wildman–Crippen LogP) is 3.91. The number of nitrogens with one attached hydrogen (secondary N) is 1. The summed E-state index contributed by atoms with van der Waals surface area (Å²) in [6.07, 6.45) is 1.41. The summed E-state index contributed by atoms with van der Waals surface area (Å²) in [5.74, 6) is 1.55. The topological polar surface area (TPSA) is 91.6 Å². The van der Waals surface area contributed by atoms with Gasteiger partial charge in [0.05, 0.1) is 21.3 Å². The Morgan fingerprint density at radius 2 is 1.42 bits per heavy atom. The second-order valence-corrected chi connectivity index (χ2v) is 6.75. The van der Waals surface area contributed by atoms with E-state index in [0.29, 0.717) is 18.9 Å². The average Bonchev–Trinajstić information content (AvgIpc) is 2.83. The molecule has 2 aromatic carbocycles. The van der Waals surface area contributed by atoms with Gasteiger partial charge in [0.1, 0.15) is 36.3 Å². The van der Waals surface area contributed by atoms with Crippen molar-refractivity contribution in [2.45, 2.75) is 13.1 Å². The molecule has 31 heavy (non-hydrogen) atoms. The first-order valence-corrected chi connectivity index (χ1v) is 9.56. The number of aromatic amines is 1. The van der Waals surface area contributed by atoms with Crippen molar-refractivity contribution in [3.8, 4) is 11.5 Å². The van der Waals surface area contributed by atoms with E-state index in [4.69, 9.17) is 14.2 Å². The molecule has 0 saturated heterocycles. The van der Waals surface area contributed by atoms with E-state index in [0.717, 1.165) is 22.6 Å². The molecule has 0 spiro atoms. The van der Waals surface area contributed by atoms with Crippen LogP contribution in [0, 0.1) is 4.91 Å². The number of nitroso groups, excluding NO2 is 1. The van der Waals surface area contributed by atoms with Gasteiger partial charge in [-0.25, -0.2) is 9.78 Å². The summed E-state index contributed by atoms with van der Waals surface area (Å²) in [5.41, 5.74) is 2.17. The Balaban J connectivity index is 1.97. The first-order chi connectivity index (χ1) is 15.1. The zero-order valence-electron chi connectivity index (χ0n) is 17.6. The number of H-pyrrole nitrogens is 1. The quantitative estimate of drug-likeness (QED) is 0.384. The second-order valence-electron chi connectivity index (χ2n) is 6.75. The van der Waals surface area contributed by atoms with Gasteiger partial charge in [-0.2, -0.15) is 0 Å². The van der Waals surface area contributed by atoms with Crippen molar-refractivity contribution in [3.63, 3.8) is 0 Å². The Morgan fingerprint density at radius 1 is 0.903 bits per heavy atom. The lowest BCUT2D eigenvalue weighted by Crippen LogP contribution is -2.28. The van der Waals surface area contributed by atoms with Crippen molar-refractivity contribution in [1.29, 1.82) is 0 Å². The molecule has 0 aliphatic heterocycles. The summed E-state index contributed by atoms with van der Waals surface area (Å²) in [7, 11) is 4.51.